The Morgan fingerprint density at radius 1 is 1.00 bits per heavy atom. The third kappa shape index (κ3) is 6.12. The number of nitrogens with one attached hydrogen (secondary N) is 1. The maximum absolute atomic E-state index is 12.7. The lowest BCUT2D eigenvalue weighted by Crippen LogP contribution is -2.46. The molecule has 3 amide bonds. The summed E-state index contributed by atoms with van der Waals surface area (Å²) in [7, 11) is 0. The van der Waals surface area contributed by atoms with E-state index >= 15 is 0 Å². The van der Waals surface area contributed by atoms with Gasteiger partial charge in [-0.05, 0) is 50.6 Å². The van der Waals surface area contributed by atoms with Gasteiger partial charge in [0.2, 0.25) is 0 Å². The van der Waals surface area contributed by atoms with E-state index in [4.69, 9.17) is 10.5 Å². The van der Waals surface area contributed by atoms with Gasteiger partial charge in [-0.1, -0.05) is 30.3 Å². The summed E-state index contributed by atoms with van der Waals surface area (Å²) >= 11 is 0. The van der Waals surface area contributed by atoms with E-state index in [1.807, 2.05) is 51.1 Å². The Morgan fingerprint density at radius 2 is 1.61 bits per heavy atom. The lowest BCUT2D eigenvalue weighted by Gasteiger charge is -2.35. The van der Waals surface area contributed by atoms with Crippen LogP contribution in [0.15, 0.2) is 54.6 Å². The van der Waals surface area contributed by atoms with Crippen LogP contribution in [0.25, 0.3) is 0 Å². The van der Waals surface area contributed by atoms with Crippen LogP contribution in [0.2, 0.25) is 0 Å². The highest BCUT2D eigenvalue weighted by atomic mass is 16.5. The van der Waals surface area contributed by atoms with E-state index in [-0.39, 0.29) is 18.1 Å². The van der Waals surface area contributed by atoms with E-state index in [2.05, 4.69) is 5.32 Å². The summed E-state index contributed by atoms with van der Waals surface area (Å²) in [4.78, 5) is 37.4. The number of primary amides is 1. The minimum atomic E-state index is -0.693. The molecule has 0 heterocycles. The van der Waals surface area contributed by atoms with Crippen LogP contribution in [0.1, 0.15) is 36.7 Å². The first kappa shape index (κ1) is 21.0. The fourth-order valence-corrected chi connectivity index (χ4v) is 2.59. The van der Waals surface area contributed by atoms with Crippen LogP contribution in [-0.4, -0.2) is 35.0 Å². The zero-order valence-electron chi connectivity index (χ0n) is 16.3. The summed E-state index contributed by atoms with van der Waals surface area (Å²) in [5.41, 5.74) is 6.34. The average Bonchev–Trinajstić information content (AvgIpc) is 2.64. The van der Waals surface area contributed by atoms with Crippen molar-refractivity contribution in [1.82, 2.24) is 4.90 Å². The van der Waals surface area contributed by atoms with Gasteiger partial charge in [0.1, 0.15) is 0 Å². The highest BCUT2D eigenvalue weighted by molar-refractivity contribution is 5.93. The molecule has 0 atom stereocenters. The number of urea groups is 1. The molecule has 0 fully saturated rings. The van der Waals surface area contributed by atoms with Gasteiger partial charge in [-0.3, -0.25) is 4.79 Å². The molecular formula is C21H25N3O4. The predicted octanol–water partition coefficient (Wildman–Crippen LogP) is 3.16. The fourth-order valence-electron chi connectivity index (χ4n) is 2.59. The minimum absolute atomic E-state index is 0.271. The summed E-state index contributed by atoms with van der Waals surface area (Å²) in [5.74, 6) is -0.899. The van der Waals surface area contributed by atoms with Crippen molar-refractivity contribution in [2.24, 2.45) is 5.73 Å². The quantitative estimate of drug-likeness (QED) is 0.748. The number of benzene rings is 2. The molecule has 0 unspecified atom stereocenters. The molecule has 7 heteroatoms. The number of rotatable bonds is 6. The third-order valence-electron chi connectivity index (χ3n) is 4.01. The van der Waals surface area contributed by atoms with Gasteiger partial charge in [0, 0.05) is 17.8 Å². The molecular weight excluding hydrogens is 358 g/mol. The summed E-state index contributed by atoms with van der Waals surface area (Å²) in [6.07, 6.45) is 0. The predicted molar refractivity (Wildman–Crippen MR) is 107 cm³/mol. The van der Waals surface area contributed by atoms with E-state index < -0.39 is 17.5 Å². The first-order valence-electron chi connectivity index (χ1n) is 8.85. The molecule has 0 aliphatic rings. The molecule has 148 valence electrons. The average molecular weight is 383 g/mol. The molecule has 0 radical (unpaired) electrons. The molecule has 0 bridgehead atoms. The van der Waals surface area contributed by atoms with Crippen molar-refractivity contribution < 1.29 is 19.1 Å². The molecule has 0 spiro atoms. The molecule has 28 heavy (non-hydrogen) atoms. The van der Waals surface area contributed by atoms with Crippen molar-refractivity contribution in [2.75, 3.05) is 11.9 Å². The summed E-state index contributed by atoms with van der Waals surface area (Å²) in [6.45, 7) is 5.86. The van der Waals surface area contributed by atoms with Gasteiger partial charge in [-0.25, -0.2) is 9.59 Å². The van der Waals surface area contributed by atoms with Crippen LogP contribution in [0, 0.1) is 0 Å². The number of carbonyl (C=O) groups is 3. The second-order valence-corrected chi connectivity index (χ2v) is 7.28. The Labute approximate surface area is 164 Å². The second-order valence-electron chi connectivity index (χ2n) is 7.28. The molecule has 2 aromatic carbocycles. The van der Waals surface area contributed by atoms with Crippen molar-refractivity contribution in [3.8, 4) is 0 Å². The van der Waals surface area contributed by atoms with Crippen molar-refractivity contribution in [2.45, 2.75) is 32.9 Å². The van der Waals surface area contributed by atoms with Crippen molar-refractivity contribution in [3.63, 3.8) is 0 Å². The largest absolute Gasteiger partial charge is 0.452 e. The molecule has 2 aromatic rings. The van der Waals surface area contributed by atoms with Gasteiger partial charge in [0.15, 0.2) is 6.61 Å². The van der Waals surface area contributed by atoms with E-state index in [1.54, 1.807) is 4.90 Å². The van der Waals surface area contributed by atoms with Crippen molar-refractivity contribution in [1.29, 1.82) is 0 Å². The Bertz CT molecular complexity index is 827. The van der Waals surface area contributed by atoms with Crippen LogP contribution in [0.4, 0.5) is 10.5 Å². The lowest BCUT2D eigenvalue weighted by molar-refractivity contribution is -0.140. The number of ether oxygens (including phenoxy) is 1. The normalized spacial score (nSPS) is 10.8. The summed E-state index contributed by atoms with van der Waals surface area (Å²) < 4.78 is 5.18. The Kier molecular flexibility index (Phi) is 6.76. The Balaban J connectivity index is 1.99. The van der Waals surface area contributed by atoms with Crippen LogP contribution < -0.4 is 11.1 Å². The molecule has 7 nitrogen and oxygen atoms in total. The number of nitrogens with zero attached hydrogens (tertiary/aromatic N) is 1. The molecule has 0 saturated carbocycles. The van der Waals surface area contributed by atoms with E-state index in [0.717, 1.165) is 5.56 Å². The fraction of sp³-hybridized carbons (Fsp3) is 0.286. The highest BCUT2D eigenvalue weighted by Crippen LogP contribution is 2.18. The Morgan fingerprint density at radius 3 is 2.14 bits per heavy atom. The maximum atomic E-state index is 12.7. The number of nitrogens with two attached hydrogens (primary N) is 1. The second kappa shape index (κ2) is 9.03. The van der Waals surface area contributed by atoms with Gasteiger partial charge in [0.05, 0.1) is 5.56 Å². The van der Waals surface area contributed by atoms with Crippen LogP contribution in [0.5, 0.6) is 0 Å². The molecule has 0 aliphatic heterocycles. The summed E-state index contributed by atoms with van der Waals surface area (Å²) in [6, 6.07) is 15.0. The molecule has 0 aliphatic carbocycles. The lowest BCUT2D eigenvalue weighted by atomic mass is 10.0. The topological polar surface area (TPSA) is 102 Å². The van der Waals surface area contributed by atoms with Crippen LogP contribution in [0.3, 0.4) is 0 Å². The molecule has 3 N–H and O–H groups in total. The summed E-state index contributed by atoms with van der Waals surface area (Å²) in [5, 5.41) is 2.40. The van der Waals surface area contributed by atoms with E-state index in [1.165, 1.54) is 24.3 Å². The van der Waals surface area contributed by atoms with Crippen molar-refractivity contribution >= 4 is 23.6 Å². The number of esters is 1. The maximum Gasteiger partial charge on any atom is 0.338 e. The number of anilines is 1. The monoisotopic (exact) mass is 383 g/mol. The van der Waals surface area contributed by atoms with Crippen molar-refractivity contribution in [3.05, 3.63) is 65.7 Å². The zero-order chi connectivity index (χ0) is 20.7. The van der Waals surface area contributed by atoms with Gasteiger partial charge in [-0.15, -0.1) is 0 Å². The van der Waals surface area contributed by atoms with Gasteiger partial charge >= 0.3 is 12.0 Å². The molecule has 0 saturated heterocycles. The van der Waals surface area contributed by atoms with Crippen LogP contribution in [-0.2, 0) is 16.1 Å². The Hall–Kier alpha value is -3.35. The number of carbonyl (C=O) groups excluding carboxylic acids is 3. The standard InChI is InChI=1S/C21H25N3O4/c1-21(2,3)24(13-15-7-5-4-6-8-15)18(25)14-28-19(26)16-9-11-17(12-10-16)23-20(22)27/h4-12H,13-14H2,1-3H3,(H3,22,23,27). The first-order chi connectivity index (χ1) is 13.2. The first-order valence-corrected chi connectivity index (χ1v) is 8.85. The SMILES string of the molecule is CC(C)(C)N(Cc1ccccc1)C(=O)COC(=O)c1ccc(NC(N)=O)cc1. The molecule has 2 rings (SSSR count). The number of hydrogen-bond donors (Lipinski definition) is 2. The van der Waals surface area contributed by atoms with E-state index in [9.17, 15) is 14.4 Å². The molecule has 0 aromatic heterocycles. The smallest absolute Gasteiger partial charge is 0.338 e. The van der Waals surface area contributed by atoms with E-state index in [0.29, 0.717) is 12.2 Å². The number of amides is 3. The highest BCUT2D eigenvalue weighted by Gasteiger charge is 2.27. The number of hydrogen-bond acceptors (Lipinski definition) is 4. The zero-order valence-corrected chi connectivity index (χ0v) is 16.3. The van der Waals surface area contributed by atoms with Crippen LogP contribution >= 0.6 is 0 Å². The minimum Gasteiger partial charge on any atom is -0.452 e. The van der Waals surface area contributed by atoms with Gasteiger partial charge in [0.25, 0.3) is 5.91 Å². The third-order valence-corrected chi connectivity index (χ3v) is 4.01. The van der Waals surface area contributed by atoms with Gasteiger partial charge in [-0.2, -0.15) is 0 Å². The van der Waals surface area contributed by atoms with Gasteiger partial charge < -0.3 is 20.7 Å².